The predicted molar refractivity (Wildman–Crippen MR) is 41.4 cm³/mol. The van der Waals surface area contributed by atoms with Gasteiger partial charge < -0.3 is 5.21 Å². The summed E-state index contributed by atoms with van der Waals surface area (Å²) < 4.78 is 27.9. The van der Waals surface area contributed by atoms with Crippen LogP contribution < -0.4 is 0 Å². The van der Waals surface area contributed by atoms with E-state index in [0.29, 0.717) is 30.7 Å². The second-order valence-electron chi connectivity index (χ2n) is 4.93. The molecule has 2 aliphatic heterocycles. The molecule has 0 aromatic rings. The Morgan fingerprint density at radius 2 is 1.38 bits per heavy atom. The van der Waals surface area contributed by atoms with Gasteiger partial charge in [-0.25, -0.2) is 8.78 Å². The zero-order valence-corrected chi connectivity index (χ0v) is 7.34. The third-order valence-electron chi connectivity index (χ3n) is 3.83. The maximum absolute atomic E-state index is 14.0. The first-order valence-electron chi connectivity index (χ1n) is 4.89. The minimum Gasteiger partial charge on any atom is -0.308 e. The third-order valence-corrected chi connectivity index (χ3v) is 3.83. The number of rotatable bonds is 0. The lowest BCUT2D eigenvalue weighted by atomic mass is 9.62. The van der Waals surface area contributed by atoms with Gasteiger partial charge in [-0.15, -0.1) is 5.06 Å². The molecule has 0 spiro atoms. The Kier molecular flexibility index (Phi) is 1.29. The molecule has 0 atom stereocenters. The van der Waals surface area contributed by atoms with Crippen molar-refractivity contribution in [2.24, 2.45) is 11.8 Å². The normalized spacial score (nSPS) is 60.2. The van der Waals surface area contributed by atoms with Gasteiger partial charge in [0.15, 0.2) is 11.6 Å². The fraction of sp³-hybridized carbons (Fsp3) is 1.00. The molecule has 2 saturated heterocycles. The summed E-state index contributed by atoms with van der Waals surface area (Å²) >= 11 is 0. The Bertz CT molecular complexity index is 222. The standard InChI is InChI=1S/C9H13F2NO/c10-8-2-6-1-7(4-8)5-9(11,3-6)12(8)13/h6-7,13H,1-5H2. The lowest BCUT2D eigenvalue weighted by molar-refractivity contribution is -0.387. The van der Waals surface area contributed by atoms with Gasteiger partial charge in [0.25, 0.3) is 0 Å². The molecule has 4 rings (SSSR count). The minimum atomic E-state index is -1.77. The van der Waals surface area contributed by atoms with Crippen molar-refractivity contribution in [3.8, 4) is 0 Å². The van der Waals surface area contributed by atoms with E-state index >= 15 is 0 Å². The highest BCUT2D eigenvalue weighted by Gasteiger charge is 2.64. The maximum atomic E-state index is 14.0. The van der Waals surface area contributed by atoms with Crippen molar-refractivity contribution in [3.05, 3.63) is 0 Å². The van der Waals surface area contributed by atoms with Gasteiger partial charge in [-0.3, -0.25) is 0 Å². The molecule has 0 aromatic heterocycles. The van der Waals surface area contributed by atoms with Crippen molar-refractivity contribution in [2.75, 3.05) is 0 Å². The predicted octanol–water partition coefficient (Wildman–Crippen LogP) is 2.23. The number of alkyl halides is 2. The van der Waals surface area contributed by atoms with Crippen LogP contribution in [-0.2, 0) is 0 Å². The van der Waals surface area contributed by atoms with Crippen LogP contribution in [0.1, 0.15) is 32.1 Å². The highest BCUT2D eigenvalue weighted by Crippen LogP contribution is 2.59. The van der Waals surface area contributed by atoms with Crippen LogP contribution >= 0.6 is 0 Å². The Labute approximate surface area is 75.5 Å². The van der Waals surface area contributed by atoms with Crippen molar-refractivity contribution >= 4 is 0 Å². The monoisotopic (exact) mass is 189 g/mol. The van der Waals surface area contributed by atoms with Crippen molar-refractivity contribution < 1.29 is 14.0 Å². The second kappa shape index (κ2) is 2.06. The molecule has 13 heavy (non-hydrogen) atoms. The van der Waals surface area contributed by atoms with E-state index < -0.39 is 11.6 Å². The first-order chi connectivity index (χ1) is 6.02. The molecule has 2 nitrogen and oxygen atoms in total. The van der Waals surface area contributed by atoms with Crippen LogP contribution in [0.3, 0.4) is 0 Å². The fourth-order valence-electron chi connectivity index (χ4n) is 3.59. The van der Waals surface area contributed by atoms with Crippen molar-refractivity contribution in [1.82, 2.24) is 5.06 Å². The van der Waals surface area contributed by atoms with Crippen LogP contribution in [0.5, 0.6) is 0 Å². The largest absolute Gasteiger partial charge is 0.308 e. The number of hydrogen-bond acceptors (Lipinski definition) is 2. The molecule has 4 aliphatic rings. The van der Waals surface area contributed by atoms with Gasteiger partial charge in [0.05, 0.1) is 0 Å². The Hall–Kier alpha value is -0.220. The van der Waals surface area contributed by atoms with E-state index in [1.807, 2.05) is 0 Å². The number of halogens is 2. The molecule has 2 aliphatic carbocycles. The molecule has 0 radical (unpaired) electrons. The van der Waals surface area contributed by atoms with E-state index in [4.69, 9.17) is 0 Å². The van der Waals surface area contributed by atoms with E-state index in [1.54, 1.807) is 0 Å². The summed E-state index contributed by atoms with van der Waals surface area (Å²) in [5, 5.41) is 9.80. The SMILES string of the molecule is ON1C2(F)CC3CC(C2)CC1(F)C3. The van der Waals surface area contributed by atoms with Gasteiger partial charge in [0.1, 0.15) is 0 Å². The molecule has 74 valence electrons. The number of hydrogen-bond donors (Lipinski definition) is 1. The molecule has 4 heteroatoms. The van der Waals surface area contributed by atoms with E-state index in [-0.39, 0.29) is 11.8 Å². The summed E-state index contributed by atoms with van der Waals surface area (Å²) in [5.41, 5.74) is 0. The zero-order chi connectivity index (χ0) is 9.27. The Morgan fingerprint density at radius 1 is 1.00 bits per heavy atom. The zero-order valence-electron chi connectivity index (χ0n) is 7.34. The topological polar surface area (TPSA) is 23.5 Å². The molecular weight excluding hydrogens is 176 g/mol. The summed E-state index contributed by atoms with van der Waals surface area (Å²) in [6.45, 7) is 0. The van der Waals surface area contributed by atoms with Gasteiger partial charge in [-0.05, 0) is 18.3 Å². The van der Waals surface area contributed by atoms with Crippen LogP contribution in [0.25, 0.3) is 0 Å². The third kappa shape index (κ3) is 0.880. The van der Waals surface area contributed by atoms with E-state index in [1.165, 1.54) is 0 Å². The van der Waals surface area contributed by atoms with Gasteiger partial charge in [-0.1, -0.05) is 0 Å². The van der Waals surface area contributed by atoms with Gasteiger partial charge in [-0.2, -0.15) is 0 Å². The molecule has 0 unspecified atom stereocenters. The van der Waals surface area contributed by atoms with Crippen LogP contribution in [-0.4, -0.2) is 21.9 Å². The lowest BCUT2D eigenvalue weighted by Crippen LogP contribution is -2.67. The maximum Gasteiger partial charge on any atom is 0.189 e. The molecule has 4 fully saturated rings. The van der Waals surface area contributed by atoms with Crippen molar-refractivity contribution in [1.29, 1.82) is 0 Å². The fourth-order valence-corrected chi connectivity index (χ4v) is 3.59. The van der Waals surface area contributed by atoms with Gasteiger partial charge in [0, 0.05) is 25.7 Å². The van der Waals surface area contributed by atoms with Crippen molar-refractivity contribution in [2.45, 2.75) is 43.7 Å². The van der Waals surface area contributed by atoms with Gasteiger partial charge in [0.2, 0.25) is 0 Å². The lowest BCUT2D eigenvalue weighted by Gasteiger charge is -2.59. The molecule has 2 saturated carbocycles. The average Bonchev–Trinajstić information content (AvgIpc) is 1.97. The molecule has 0 aromatic carbocycles. The number of nitrogens with zero attached hydrogens (tertiary/aromatic N) is 1. The quantitative estimate of drug-likeness (QED) is 0.591. The summed E-state index contributed by atoms with van der Waals surface area (Å²) in [6, 6.07) is 0. The van der Waals surface area contributed by atoms with Crippen molar-refractivity contribution in [3.63, 3.8) is 0 Å². The first kappa shape index (κ1) is 8.12. The Balaban J connectivity index is 2.03. The van der Waals surface area contributed by atoms with E-state index in [9.17, 15) is 14.0 Å². The second-order valence-corrected chi connectivity index (χ2v) is 4.93. The van der Waals surface area contributed by atoms with Crippen LogP contribution in [0.15, 0.2) is 0 Å². The number of piperidine rings is 2. The minimum absolute atomic E-state index is 0.144. The van der Waals surface area contributed by atoms with Crippen LogP contribution in [0.2, 0.25) is 0 Å². The van der Waals surface area contributed by atoms with E-state index in [0.717, 1.165) is 6.42 Å². The van der Waals surface area contributed by atoms with Gasteiger partial charge >= 0.3 is 0 Å². The molecule has 4 bridgehead atoms. The Morgan fingerprint density at radius 3 is 1.77 bits per heavy atom. The van der Waals surface area contributed by atoms with E-state index in [2.05, 4.69) is 0 Å². The number of hydroxylamine groups is 2. The first-order valence-corrected chi connectivity index (χ1v) is 4.89. The highest BCUT2D eigenvalue weighted by molar-refractivity contribution is 5.05. The molecular formula is C9H13F2NO. The highest BCUT2D eigenvalue weighted by atomic mass is 19.2. The smallest absolute Gasteiger partial charge is 0.189 e. The molecule has 2 heterocycles. The molecule has 0 amide bonds. The van der Waals surface area contributed by atoms with Crippen LogP contribution in [0, 0.1) is 11.8 Å². The van der Waals surface area contributed by atoms with Crippen LogP contribution in [0.4, 0.5) is 8.78 Å². The molecule has 1 N–H and O–H groups in total. The average molecular weight is 189 g/mol. The summed E-state index contributed by atoms with van der Waals surface area (Å²) in [7, 11) is 0. The summed E-state index contributed by atoms with van der Waals surface area (Å²) in [6.07, 6.45) is 2.19. The summed E-state index contributed by atoms with van der Waals surface area (Å²) in [5.74, 6) is -3.24. The summed E-state index contributed by atoms with van der Waals surface area (Å²) in [4.78, 5) is 0.